The molecule has 1 aromatic rings. The van der Waals surface area contributed by atoms with Crippen LogP contribution in [0.2, 0.25) is 0 Å². The molecular weight excluding hydrogens is 394 g/mol. The molecule has 1 fully saturated rings. The minimum Gasteiger partial charge on any atom is -0.325 e. The molecule has 0 aromatic heterocycles. The van der Waals surface area contributed by atoms with Crippen LogP contribution in [0.1, 0.15) is 54.4 Å². The maximum atomic E-state index is 13.1. The summed E-state index contributed by atoms with van der Waals surface area (Å²) in [5.74, 6) is -1.14. The molecule has 1 atom stereocenters. The van der Waals surface area contributed by atoms with Crippen LogP contribution in [0, 0.1) is 5.41 Å². The lowest BCUT2D eigenvalue weighted by Crippen LogP contribution is -2.55. The number of primary sulfonamides is 1. The Morgan fingerprint density at radius 3 is 2.03 bits per heavy atom. The number of carbonyl (C=O) groups excluding carboxylic acids is 3. The standard InChI is InChI=1S/C20H29N3O5S/c1-19(2,3)12-17(25)23(20(4,5)6)15-11-16(24)22(18(15)26)13-7-9-14(10-8-13)29(21,27)28/h7-10,15H,11-12H2,1-6H3,(H2,21,27,28). The Balaban J connectivity index is 2.37. The van der Waals surface area contributed by atoms with Gasteiger partial charge in [0.15, 0.2) is 0 Å². The van der Waals surface area contributed by atoms with E-state index in [9.17, 15) is 22.8 Å². The molecule has 2 N–H and O–H groups in total. The second kappa shape index (κ2) is 7.53. The molecule has 1 unspecified atom stereocenters. The number of nitrogens with zero attached hydrogens (tertiary/aromatic N) is 2. The molecule has 0 spiro atoms. The molecule has 0 bridgehead atoms. The summed E-state index contributed by atoms with van der Waals surface area (Å²) in [7, 11) is -3.88. The number of rotatable bonds is 4. The molecular formula is C20H29N3O5S. The first-order valence-corrected chi connectivity index (χ1v) is 10.9. The highest BCUT2D eigenvalue weighted by atomic mass is 32.2. The third-order valence-corrected chi connectivity index (χ3v) is 5.46. The summed E-state index contributed by atoms with van der Waals surface area (Å²) >= 11 is 0. The SMILES string of the molecule is CC(C)(C)CC(=O)N(C1CC(=O)N(c2ccc(S(N)(=O)=O)cc2)C1=O)C(C)(C)C. The van der Waals surface area contributed by atoms with Crippen molar-refractivity contribution in [3.63, 3.8) is 0 Å². The minimum atomic E-state index is -3.88. The van der Waals surface area contributed by atoms with Gasteiger partial charge in [0.25, 0.3) is 5.91 Å². The summed E-state index contributed by atoms with van der Waals surface area (Å²) < 4.78 is 22.8. The fourth-order valence-corrected chi connectivity index (χ4v) is 3.94. The zero-order chi connectivity index (χ0) is 22.4. The third kappa shape index (κ3) is 5.22. The monoisotopic (exact) mass is 423 g/mol. The van der Waals surface area contributed by atoms with Crippen molar-refractivity contribution in [1.82, 2.24) is 4.90 Å². The number of anilines is 1. The number of nitrogens with two attached hydrogens (primary N) is 1. The van der Waals surface area contributed by atoms with Crippen molar-refractivity contribution in [2.24, 2.45) is 10.6 Å². The molecule has 2 rings (SSSR count). The van der Waals surface area contributed by atoms with Gasteiger partial charge in [-0.1, -0.05) is 20.8 Å². The highest BCUT2D eigenvalue weighted by molar-refractivity contribution is 7.89. The molecule has 0 saturated carbocycles. The van der Waals surface area contributed by atoms with Crippen LogP contribution in [0.25, 0.3) is 0 Å². The maximum absolute atomic E-state index is 13.1. The van der Waals surface area contributed by atoms with Crippen molar-refractivity contribution >= 4 is 33.4 Å². The summed E-state index contributed by atoms with van der Waals surface area (Å²) in [4.78, 5) is 41.2. The smallest absolute Gasteiger partial charge is 0.257 e. The van der Waals surface area contributed by atoms with Gasteiger partial charge < -0.3 is 4.90 Å². The van der Waals surface area contributed by atoms with E-state index in [1.54, 1.807) is 0 Å². The summed E-state index contributed by atoms with van der Waals surface area (Å²) in [6.45, 7) is 11.3. The summed E-state index contributed by atoms with van der Waals surface area (Å²) in [6, 6.07) is 4.29. The number of amides is 3. The first-order valence-electron chi connectivity index (χ1n) is 9.34. The average molecular weight is 424 g/mol. The Kier molecular flexibility index (Phi) is 5.98. The summed E-state index contributed by atoms with van der Waals surface area (Å²) in [6.07, 6.45) is 0.119. The molecule has 9 heteroatoms. The van der Waals surface area contributed by atoms with Gasteiger partial charge in [-0.25, -0.2) is 18.5 Å². The molecule has 3 amide bonds. The van der Waals surface area contributed by atoms with Crippen molar-refractivity contribution in [3.8, 4) is 0 Å². The van der Waals surface area contributed by atoms with Crippen molar-refractivity contribution in [2.75, 3.05) is 4.90 Å². The predicted octanol–water partition coefficient (Wildman–Crippen LogP) is 2.03. The van der Waals surface area contributed by atoms with E-state index >= 15 is 0 Å². The van der Waals surface area contributed by atoms with E-state index in [0.717, 1.165) is 4.90 Å². The normalized spacial score (nSPS) is 18.3. The van der Waals surface area contributed by atoms with E-state index in [1.165, 1.54) is 29.2 Å². The lowest BCUT2D eigenvalue weighted by atomic mass is 9.89. The minimum absolute atomic E-state index is 0.117. The molecule has 29 heavy (non-hydrogen) atoms. The lowest BCUT2D eigenvalue weighted by molar-refractivity contribution is -0.145. The van der Waals surface area contributed by atoms with Gasteiger partial charge in [0.05, 0.1) is 17.0 Å². The van der Waals surface area contributed by atoms with E-state index in [-0.39, 0.29) is 34.7 Å². The summed E-state index contributed by atoms with van der Waals surface area (Å²) in [5.41, 5.74) is -0.682. The molecule has 1 saturated heterocycles. The maximum Gasteiger partial charge on any atom is 0.257 e. The molecule has 8 nitrogen and oxygen atoms in total. The number of imide groups is 1. The van der Waals surface area contributed by atoms with Crippen LogP contribution in [-0.4, -0.2) is 42.6 Å². The fourth-order valence-electron chi connectivity index (χ4n) is 3.43. The van der Waals surface area contributed by atoms with E-state index in [0.29, 0.717) is 0 Å². The predicted molar refractivity (Wildman–Crippen MR) is 109 cm³/mol. The largest absolute Gasteiger partial charge is 0.325 e. The van der Waals surface area contributed by atoms with Gasteiger partial charge in [-0.2, -0.15) is 0 Å². The molecule has 0 radical (unpaired) electrons. The van der Waals surface area contributed by atoms with Gasteiger partial charge in [0, 0.05) is 12.0 Å². The van der Waals surface area contributed by atoms with Crippen molar-refractivity contribution in [2.45, 2.75) is 70.9 Å². The van der Waals surface area contributed by atoms with Gasteiger partial charge in [-0.3, -0.25) is 14.4 Å². The number of sulfonamides is 1. The second-order valence-corrected chi connectivity index (χ2v) is 11.1. The van der Waals surface area contributed by atoms with E-state index in [2.05, 4.69) is 0 Å². The van der Waals surface area contributed by atoms with E-state index in [1.807, 2.05) is 41.5 Å². The quantitative estimate of drug-likeness (QED) is 0.744. The Morgan fingerprint density at radius 1 is 1.10 bits per heavy atom. The van der Waals surface area contributed by atoms with Gasteiger partial charge >= 0.3 is 0 Å². The van der Waals surface area contributed by atoms with Crippen LogP contribution in [0.5, 0.6) is 0 Å². The fraction of sp³-hybridized carbons (Fsp3) is 0.550. The van der Waals surface area contributed by atoms with Crippen molar-refractivity contribution in [3.05, 3.63) is 24.3 Å². The van der Waals surface area contributed by atoms with Crippen molar-refractivity contribution < 1.29 is 22.8 Å². The van der Waals surface area contributed by atoms with Crippen LogP contribution in [0.15, 0.2) is 29.2 Å². The Morgan fingerprint density at radius 2 is 1.62 bits per heavy atom. The number of benzene rings is 1. The number of carbonyl (C=O) groups is 3. The van der Waals surface area contributed by atoms with Crippen molar-refractivity contribution in [1.29, 1.82) is 0 Å². The highest BCUT2D eigenvalue weighted by Gasteiger charge is 2.47. The number of hydrogen-bond acceptors (Lipinski definition) is 5. The van der Waals surface area contributed by atoms with Gasteiger partial charge in [-0.05, 0) is 50.5 Å². The van der Waals surface area contributed by atoms with Crippen LogP contribution in [0.3, 0.4) is 0 Å². The van der Waals surface area contributed by atoms with E-state index < -0.39 is 33.4 Å². The van der Waals surface area contributed by atoms with Crippen LogP contribution >= 0.6 is 0 Å². The Labute approximate surface area is 172 Å². The first kappa shape index (κ1) is 23.0. The first-order chi connectivity index (χ1) is 13.0. The van der Waals surface area contributed by atoms with Gasteiger partial charge in [0.2, 0.25) is 21.8 Å². The zero-order valence-electron chi connectivity index (χ0n) is 17.7. The second-order valence-electron chi connectivity index (χ2n) is 9.50. The topological polar surface area (TPSA) is 118 Å². The Bertz CT molecular complexity index is 924. The molecule has 0 aliphatic carbocycles. The van der Waals surface area contributed by atoms with Gasteiger partial charge in [-0.15, -0.1) is 0 Å². The molecule has 1 aliphatic rings. The van der Waals surface area contributed by atoms with E-state index in [4.69, 9.17) is 5.14 Å². The Hall–Kier alpha value is -2.26. The van der Waals surface area contributed by atoms with Crippen LogP contribution in [0.4, 0.5) is 5.69 Å². The summed E-state index contributed by atoms with van der Waals surface area (Å²) in [5, 5.41) is 5.09. The molecule has 1 heterocycles. The lowest BCUT2D eigenvalue weighted by Gasteiger charge is -2.40. The zero-order valence-corrected chi connectivity index (χ0v) is 18.5. The van der Waals surface area contributed by atoms with Gasteiger partial charge in [0.1, 0.15) is 6.04 Å². The average Bonchev–Trinajstić information content (AvgIpc) is 2.78. The molecule has 160 valence electrons. The highest BCUT2D eigenvalue weighted by Crippen LogP contribution is 2.32. The number of hydrogen-bond donors (Lipinski definition) is 1. The van der Waals surface area contributed by atoms with Crippen LogP contribution in [-0.2, 0) is 24.4 Å². The van der Waals surface area contributed by atoms with Crippen LogP contribution < -0.4 is 10.0 Å². The molecule has 1 aliphatic heterocycles. The molecule has 1 aromatic carbocycles. The third-order valence-electron chi connectivity index (χ3n) is 4.53.